The SMILES string of the molecule is CCCC(CNC(=O)[C@H]1OCC[C@H]1NC(=O)OCC1c2ccccc2-c2ccccc21)C(=O)O. The van der Waals surface area contributed by atoms with Crippen LogP contribution in [0.25, 0.3) is 11.1 Å². The van der Waals surface area contributed by atoms with Crippen molar-refractivity contribution in [2.45, 2.75) is 44.2 Å². The molecule has 1 aliphatic carbocycles. The summed E-state index contributed by atoms with van der Waals surface area (Å²) < 4.78 is 11.1. The zero-order chi connectivity index (χ0) is 24.1. The van der Waals surface area contributed by atoms with Crippen molar-refractivity contribution in [3.63, 3.8) is 0 Å². The Morgan fingerprint density at radius 2 is 1.74 bits per heavy atom. The number of benzene rings is 2. The third-order valence-corrected chi connectivity index (χ3v) is 6.51. The quantitative estimate of drug-likeness (QED) is 0.523. The Kier molecular flexibility index (Phi) is 7.47. The summed E-state index contributed by atoms with van der Waals surface area (Å²) >= 11 is 0. The van der Waals surface area contributed by atoms with E-state index in [1.807, 2.05) is 31.2 Å². The normalized spacial score (nSPS) is 19.7. The van der Waals surface area contributed by atoms with Gasteiger partial charge in [0.1, 0.15) is 6.61 Å². The van der Waals surface area contributed by atoms with Crippen molar-refractivity contribution in [3.05, 3.63) is 59.7 Å². The number of aliphatic carboxylic acids is 1. The van der Waals surface area contributed by atoms with Crippen LogP contribution in [0.5, 0.6) is 0 Å². The number of carbonyl (C=O) groups excluding carboxylic acids is 2. The number of ether oxygens (including phenoxy) is 2. The molecule has 2 amide bonds. The van der Waals surface area contributed by atoms with Gasteiger partial charge in [0.25, 0.3) is 5.91 Å². The number of fused-ring (bicyclic) bond motifs is 3. The molecule has 34 heavy (non-hydrogen) atoms. The Labute approximate surface area is 198 Å². The van der Waals surface area contributed by atoms with E-state index in [1.54, 1.807) is 0 Å². The molecule has 4 rings (SSSR count). The van der Waals surface area contributed by atoms with Gasteiger partial charge in [-0.1, -0.05) is 61.9 Å². The molecule has 180 valence electrons. The van der Waals surface area contributed by atoms with Gasteiger partial charge in [0.15, 0.2) is 6.10 Å². The van der Waals surface area contributed by atoms with Crippen molar-refractivity contribution in [1.82, 2.24) is 10.6 Å². The lowest BCUT2D eigenvalue weighted by Gasteiger charge is -2.21. The van der Waals surface area contributed by atoms with E-state index in [-0.39, 0.29) is 19.1 Å². The van der Waals surface area contributed by atoms with Gasteiger partial charge in [-0.2, -0.15) is 0 Å². The van der Waals surface area contributed by atoms with Gasteiger partial charge in [-0.25, -0.2) is 4.79 Å². The summed E-state index contributed by atoms with van der Waals surface area (Å²) in [5, 5.41) is 14.7. The highest BCUT2D eigenvalue weighted by molar-refractivity contribution is 5.83. The predicted octanol–water partition coefficient (Wildman–Crippen LogP) is 3.30. The van der Waals surface area contributed by atoms with E-state index >= 15 is 0 Å². The molecule has 2 aromatic carbocycles. The molecule has 0 bridgehead atoms. The maximum Gasteiger partial charge on any atom is 0.407 e. The molecule has 2 aliphatic rings. The Bertz CT molecular complexity index is 1010. The van der Waals surface area contributed by atoms with Gasteiger partial charge in [0.05, 0.1) is 12.0 Å². The number of amides is 2. The molecule has 0 aromatic heterocycles. The van der Waals surface area contributed by atoms with Gasteiger partial charge >= 0.3 is 12.1 Å². The summed E-state index contributed by atoms with van der Waals surface area (Å²) in [6, 6.07) is 15.7. The maximum absolute atomic E-state index is 12.6. The molecule has 2 aromatic rings. The van der Waals surface area contributed by atoms with E-state index in [4.69, 9.17) is 9.47 Å². The second-order valence-electron chi connectivity index (χ2n) is 8.73. The van der Waals surface area contributed by atoms with E-state index in [0.29, 0.717) is 25.9 Å². The van der Waals surface area contributed by atoms with Gasteiger partial charge in [-0.15, -0.1) is 0 Å². The molecule has 1 saturated heterocycles. The van der Waals surface area contributed by atoms with Crippen molar-refractivity contribution in [1.29, 1.82) is 0 Å². The smallest absolute Gasteiger partial charge is 0.407 e. The van der Waals surface area contributed by atoms with Gasteiger partial charge in [-0.05, 0) is 35.1 Å². The fourth-order valence-electron chi connectivity index (χ4n) is 4.77. The highest BCUT2D eigenvalue weighted by Gasteiger charge is 2.36. The average Bonchev–Trinajstić information content (AvgIpc) is 3.42. The number of hydrogen-bond acceptors (Lipinski definition) is 5. The van der Waals surface area contributed by atoms with Crippen LogP contribution < -0.4 is 10.6 Å². The van der Waals surface area contributed by atoms with Crippen LogP contribution in [0.4, 0.5) is 4.79 Å². The number of rotatable bonds is 9. The minimum absolute atomic E-state index is 0.0273. The first-order valence-electron chi connectivity index (χ1n) is 11.7. The molecule has 1 fully saturated rings. The molecule has 1 aliphatic heterocycles. The number of hydrogen-bond donors (Lipinski definition) is 3. The molecule has 1 heterocycles. The summed E-state index contributed by atoms with van der Waals surface area (Å²) in [7, 11) is 0. The first-order valence-corrected chi connectivity index (χ1v) is 11.7. The minimum Gasteiger partial charge on any atom is -0.481 e. The number of alkyl carbamates (subject to hydrolysis) is 1. The third-order valence-electron chi connectivity index (χ3n) is 6.51. The second kappa shape index (κ2) is 10.7. The molecular weight excluding hydrogens is 436 g/mol. The minimum atomic E-state index is -0.942. The van der Waals surface area contributed by atoms with Gasteiger partial charge in [0, 0.05) is 19.1 Å². The Morgan fingerprint density at radius 1 is 1.09 bits per heavy atom. The van der Waals surface area contributed by atoms with Crippen LogP contribution in [0.3, 0.4) is 0 Å². The molecule has 3 atom stereocenters. The van der Waals surface area contributed by atoms with Crippen LogP contribution in [-0.2, 0) is 19.1 Å². The van der Waals surface area contributed by atoms with E-state index in [9.17, 15) is 19.5 Å². The lowest BCUT2D eigenvalue weighted by molar-refractivity contribution is -0.142. The maximum atomic E-state index is 12.6. The molecule has 3 N–H and O–H groups in total. The van der Waals surface area contributed by atoms with Crippen LogP contribution in [-0.4, -0.2) is 55.0 Å². The summed E-state index contributed by atoms with van der Waals surface area (Å²) in [5.74, 6) is -2.07. The number of carbonyl (C=O) groups is 3. The average molecular weight is 467 g/mol. The Balaban J connectivity index is 1.32. The second-order valence-corrected chi connectivity index (χ2v) is 8.73. The first-order chi connectivity index (χ1) is 16.5. The molecule has 0 saturated carbocycles. The Hall–Kier alpha value is -3.39. The fourth-order valence-corrected chi connectivity index (χ4v) is 4.77. The summed E-state index contributed by atoms with van der Waals surface area (Å²) in [4.78, 5) is 36.5. The summed E-state index contributed by atoms with van der Waals surface area (Å²) in [5.41, 5.74) is 4.54. The van der Waals surface area contributed by atoms with Crippen molar-refractivity contribution in [2.75, 3.05) is 19.8 Å². The molecular formula is C26H30N2O6. The number of carboxylic acids is 1. The lowest BCUT2D eigenvalue weighted by atomic mass is 9.98. The highest BCUT2D eigenvalue weighted by atomic mass is 16.6. The first kappa shape index (κ1) is 23.8. The molecule has 0 radical (unpaired) electrons. The summed E-state index contributed by atoms with van der Waals surface area (Å²) in [6.07, 6.45) is 0.169. The van der Waals surface area contributed by atoms with Crippen LogP contribution in [0.15, 0.2) is 48.5 Å². The summed E-state index contributed by atoms with van der Waals surface area (Å²) in [6.45, 7) is 2.43. The zero-order valence-corrected chi connectivity index (χ0v) is 19.2. The fraction of sp³-hybridized carbons (Fsp3) is 0.423. The monoisotopic (exact) mass is 466 g/mol. The third kappa shape index (κ3) is 5.07. The van der Waals surface area contributed by atoms with Crippen LogP contribution in [0, 0.1) is 5.92 Å². The van der Waals surface area contributed by atoms with Crippen molar-refractivity contribution >= 4 is 18.0 Å². The molecule has 8 nitrogen and oxygen atoms in total. The Morgan fingerprint density at radius 3 is 2.35 bits per heavy atom. The molecule has 8 heteroatoms. The molecule has 1 unspecified atom stereocenters. The van der Waals surface area contributed by atoms with Crippen LogP contribution >= 0.6 is 0 Å². The number of carboxylic acid groups (broad SMARTS) is 1. The van der Waals surface area contributed by atoms with Crippen LogP contribution in [0.1, 0.15) is 43.2 Å². The topological polar surface area (TPSA) is 114 Å². The van der Waals surface area contributed by atoms with E-state index < -0.39 is 36.0 Å². The molecule has 0 spiro atoms. The van der Waals surface area contributed by atoms with Gasteiger partial charge in [-0.3, -0.25) is 9.59 Å². The predicted molar refractivity (Wildman–Crippen MR) is 125 cm³/mol. The van der Waals surface area contributed by atoms with Gasteiger partial charge in [0.2, 0.25) is 0 Å². The van der Waals surface area contributed by atoms with Crippen molar-refractivity contribution < 1.29 is 29.0 Å². The van der Waals surface area contributed by atoms with E-state index in [2.05, 4.69) is 34.9 Å². The lowest BCUT2D eigenvalue weighted by Crippen LogP contribution is -2.49. The zero-order valence-electron chi connectivity index (χ0n) is 19.2. The number of nitrogens with one attached hydrogen (secondary N) is 2. The highest BCUT2D eigenvalue weighted by Crippen LogP contribution is 2.44. The van der Waals surface area contributed by atoms with E-state index in [1.165, 1.54) is 0 Å². The van der Waals surface area contributed by atoms with Crippen molar-refractivity contribution in [3.8, 4) is 11.1 Å². The van der Waals surface area contributed by atoms with Crippen molar-refractivity contribution in [2.24, 2.45) is 5.92 Å². The largest absolute Gasteiger partial charge is 0.481 e. The standard InChI is InChI=1S/C26H30N2O6/c1-2-7-16(25(30)31)14-27-24(29)23-22(12-13-33-23)28-26(32)34-15-21-19-10-5-3-8-17(19)18-9-4-6-11-20(18)21/h3-6,8-11,16,21-23H,2,7,12-15H2,1H3,(H,27,29)(H,28,32)(H,30,31)/t16?,22-,23+/m1/s1. The van der Waals surface area contributed by atoms with Crippen LogP contribution in [0.2, 0.25) is 0 Å². The van der Waals surface area contributed by atoms with E-state index in [0.717, 1.165) is 22.3 Å². The van der Waals surface area contributed by atoms with Gasteiger partial charge < -0.3 is 25.2 Å².